The number of rotatable bonds is 9. The van der Waals surface area contributed by atoms with Crippen LogP contribution in [-0.4, -0.2) is 30.0 Å². The number of halogens is 5. The Balaban J connectivity index is 2.26. The van der Waals surface area contributed by atoms with Gasteiger partial charge < -0.3 is 9.84 Å². The summed E-state index contributed by atoms with van der Waals surface area (Å²) in [6, 6.07) is 10.4. The Morgan fingerprint density at radius 3 is 2.31 bits per heavy atom. The monoisotopic (exact) mass is 416 g/mol. The summed E-state index contributed by atoms with van der Waals surface area (Å²) in [5.41, 5.74) is 0.656. The van der Waals surface area contributed by atoms with Crippen molar-refractivity contribution in [3.05, 3.63) is 71.0 Å². The standard InChI is InChI=1S/C21H21F5O3/c1-2-29-19(28)17(18(27)15-6-8-16(22)9-7-15)11-13-4-3-5-14(10-13)12-21(25,26)20(23)24/h3-10,17-18,20,27H,2,11-12H2,1H3. The number of ether oxygens (including phenoxy) is 1. The van der Waals surface area contributed by atoms with E-state index in [0.717, 1.165) is 12.1 Å². The smallest absolute Gasteiger partial charge is 0.312 e. The number of hydrogen-bond acceptors (Lipinski definition) is 3. The highest BCUT2D eigenvalue weighted by Gasteiger charge is 2.40. The lowest BCUT2D eigenvalue weighted by atomic mass is 9.89. The van der Waals surface area contributed by atoms with Gasteiger partial charge in [-0.25, -0.2) is 13.2 Å². The number of benzene rings is 2. The van der Waals surface area contributed by atoms with E-state index in [1.807, 2.05) is 0 Å². The average molecular weight is 416 g/mol. The fourth-order valence-corrected chi connectivity index (χ4v) is 2.94. The molecule has 0 heterocycles. The molecule has 1 N–H and O–H groups in total. The van der Waals surface area contributed by atoms with E-state index in [4.69, 9.17) is 4.74 Å². The summed E-state index contributed by atoms with van der Waals surface area (Å²) in [7, 11) is 0. The van der Waals surface area contributed by atoms with Gasteiger partial charge in [-0.1, -0.05) is 36.4 Å². The van der Waals surface area contributed by atoms with Crippen LogP contribution in [0.15, 0.2) is 48.5 Å². The molecule has 0 saturated carbocycles. The molecule has 0 fully saturated rings. The second-order valence-electron chi connectivity index (χ2n) is 6.62. The topological polar surface area (TPSA) is 46.5 Å². The van der Waals surface area contributed by atoms with Gasteiger partial charge in [0.15, 0.2) is 0 Å². The second-order valence-corrected chi connectivity index (χ2v) is 6.62. The van der Waals surface area contributed by atoms with Crippen LogP contribution in [0.4, 0.5) is 22.0 Å². The molecular formula is C21H21F5O3. The van der Waals surface area contributed by atoms with Gasteiger partial charge in [0.2, 0.25) is 0 Å². The Hall–Kier alpha value is -2.48. The van der Waals surface area contributed by atoms with Crippen molar-refractivity contribution in [3.63, 3.8) is 0 Å². The molecule has 2 rings (SSSR count). The summed E-state index contributed by atoms with van der Waals surface area (Å²) in [6.07, 6.45) is -6.35. The Morgan fingerprint density at radius 1 is 1.10 bits per heavy atom. The third-order valence-corrected chi connectivity index (χ3v) is 4.39. The maximum atomic E-state index is 13.3. The maximum absolute atomic E-state index is 13.3. The van der Waals surface area contributed by atoms with E-state index >= 15 is 0 Å². The Bertz CT molecular complexity index is 808. The van der Waals surface area contributed by atoms with Crippen LogP contribution in [0.2, 0.25) is 0 Å². The van der Waals surface area contributed by atoms with E-state index in [2.05, 4.69) is 0 Å². The van der Waals surface area contributed by atoms with Crippen LogP contribution in [0, 0.1) is 11.7 Å². The van der Waals surface area contributed by atoms with Gasteiger partial charge >= 0.3 is 18.3 Å². The predicted octanol–water partition coefficient (Wildman–Crippen LogP) is 4.72. The van der Waals surface area contributed by atoms with Crippen molar-refractivity contribution >= 4 is 5.97 Å². The normalized spacial score (nSPS) is 13.9. The lowest BCUT2D eigenvalue weighted by Gasteiger charge is -2.22. The number of alkyl halides is 4. The summed E-state index contributed by atoms with van der Waals surface area (Å²) in [5, 5.41) is 10.6. The van der Waals surface area contributed by atoms with Gasteiger partial charge in [-0.05, 0) is 42.2 Å². The second kappa shape index (κ2) is 9.82. The van der Waals surface area contributed by atoms with Crippen LogP contribution < -0.4 is 0 Å². The first-order valence-corrected chi connectivity index (χ1v) is 8.98. The van der Waals surface area contributed by atoms with Gasteiger partial charge in [-0.15, -0.1) is 0 Å². The van der Waals surface area contributed by atoms with Crippen molar-refractivity contribution in [3.8, 4) is 0 Å². The van der Waals surface area contributed by atoms with Crippen LogP contribution >= 0.6 is 0 Å². The van der Waals surface area contributed by atoms with Gasteiger partial charge in [0.05, 0.1) is 18.6 Å². The molecule has 2 aromatic rings. The molecule has 0 aliphatic heterocycles. The van der Waals surface area contributed by atoms with Crippen LogP contribution in [-0.2, 0) is 22.4 Å². The quantitative estimate of drug-likeness (QED) is 0.475. The molecule has 0 amide bonds. The maximum Gasteiger partial charge on any atom is 0.312 e. The highest BCUT2D eigenvalue weighted by atomic mass is 19.3. The van der Waals surface area contributed by atoms with Crippen molar-refractivity contribution in [1.82, 2.24) is 0 Å². The Labute approximate surface area is 165 Å². The van der Waals surface area contributed by atoms with E-state index in [-0.39, 0.29) is 24.2 Å². The number of aliphatic hydroxyl groups excluding tert-OH is 1. The van der Waals surface area contributed by atoms with Crippen molar-refractivity contribution in [2.24, 2.45) is 5.92 Å². The third-order valence-electron chi connectivity index (χ3n) is 4.39. The fourth-order valence-electron chi connectivity index (χ4n) is 2.94. The molecule has 2 atom stereocenters. The lowest BCUT2D eigenvalue weighted by molar-refractivity contribution is -0.152. The van der Waals surface area contributed by atoms with Gasteiger partial charge in [-0.3, -0.25) is 4.79 Å². The van der Waals surface area contributed by atoms with E-state index in [0.29, 0.717) is 5.56 Å². The predicted molar refractivity (Wildman–Crippen MR) is 96.3 cm³/mol. The van der Waals surface area contributed by atoms with Gasteiger partial charge in [-0.2, -0.15) is 8.78 Å². The van der Waals surface area contributed by atoms with Crippen molar-refractivity contribution < 1.29 is 36.6 Å². The van der Waals surface area contributed by atoms with Crippen molar-refractivity contribution in [2.45, 2.75) is 38.2 Å². The number of carbonyl (C=O) groups excluding carboxylic acids is 1. The summed E-state index contributed by atoms with van der Waals surface area (Å²) in [4.78, 5) is 12.4. The number of esters is 1. The minimum absolute atomic E-state index is 0.0216. The summed E-state index contributed by atoms with van der Waals surface area (Å²) in [6.45, 7) is 1.65. The minimum Gasteiger partial charge on any atom is -0.466 e. The fraction of sp³-hybridized carbons (Fsp3) is 0.381. The number of hydrogen-bond donors (Lipinski definition) is 1. The van der Waals surface area contributed by atoms with Gasteiger partial charge in [0.25, 0.3) is 0 Å². The van der Waals surface area contributed by atoms with Crippen LogP contribution in [0.5, 0.6) is 0 Å². The Morgan fingerprint density at radius 2 is 1.72 bits per heavy atom. The average Bonchev–Trinajstić information content (AvgIpc) is 2.66. The van der Waals surface area contributed by atoms with Gasteiger partial charge in [0.1, 0.15) is 5.82 Å². The van der Waals surface area contributed by atoms with E-state index in [9.17, 15) is 31.9 Å². The SMILES string of the molecule is CCOC(=O)C(Cc1cccc(CC(F)(F)C(F)F)c1)C(O)c1ccc(F)cc1. The van der Waals surface area contributed by atoms with Crippen LogP contribution in [0.25, 0.3) is 0 Å². The number of carbonyl (C=O) groups is 1. The molecule has 29 heavy (non-hydrogen) atoms. The summed E-state index contributed by atoms with van der Waals surface area (Å²) >= 11 is 0. The van der Waals surface area contributed by atoms with Crippen LogP contribution in [0.1, 0.15) is 29.7 Å². The van der Waals surface area contributed by atoms with Gasteiger partial charge in [0, 0.05) is 6.42 Å². The first-order chi connectivity index (χ1) is 13.6. The molecule has 2 unspecified atom stereocenters. The molecule has 0 spiro atoms. The first kappa shape index (κ1) is 22.8. The molecule has 158 valence electrons. The molecule has 0 bridgehead atoms. The lowest BCUT2D eigenvalue weighted by Crippen LogP contribution is -2.29. The third kappa shape index (κ3) is 6.25. The Kier molecular flexibility index (Phi) is 7.73. The largest absolute Gasteiger partial charge is 0.466 e. The first-order valence-electron chi connectivity index (χ1n) is 8.98. The molecule has 8 heteroatoms. The summed E-state index contributed by atoms with van der Waals surface area (Å²) in [5.74, 6) is -6.49. The molecule has 0 aliphatic rings. The highest BCUT2D eigenvalue weighted by Crippen LogP contribution is 2.30. The van der Waals surface area contributed by atoms with Crippen molar-refractivity contribution in [2.75, 3.05) is 6.61 Å². The number of aliphatic hydroxyl groups is 1. The highest BCUT2D eigenvalue weighted by molar-refractivity contribution is 5.74. The summed E-state index contributed by atoms with van der Waals surface area (Å²) < 4.78 is 69.7. The zero-order valence-corrected chi connectivity index (χ0v) is 15.6. The molecule has 0 radical (unpaired) electrons. The molecule has 0 saturated heterocycles. The van der Waals surface area contributed by atoms with Crippen molar-refractivity contribution in [1.29, 1.82) is 0 Å². The molecule has 0 aromatic heterocycles. The molecule has 0 aliphatic carbocycles. The zero-order chi connectivity index (χ0) is 21.6. The minimum atomic E-state index is -4.17. The van der Waals surface area contributed by atoms with E-state index in [1.54, 1.807) is 6.92 Å². The molecule has 2 aromatic carbocycles. The van der Waals surface area contributed by atoms with E-state index < -0.39 is 42.6 Å². The zero-order valence-electron chi connectivity index (χ0n) is 15.6. The molecular weight excluding hydrogens is 395 g/mol. The molecule has 3 nitrogen and oxygen atoms in total. The van der Waals surface area contributed by atoms with E-state index in [1.165, 1.54) is 36.4 Å². The van der Waals surface area contributed by atoms with Crippen LogP contribution in [0.3, 0.4) is 0 Å².